The monoisotopic (exact) mass is 414 g/mol. The molecule has 0 aliphatic carbocycles. The third-order valence-corrected chi connectivity index (χ3v) is 4.09. The van der Waals surface area contributed by atoms with Crippen LogP contribution in [0.15, 0.2) is 47.3 Å². The third-order valence-electron chi connectivity index (χ3n) is 3.17. The highest BCUT2D eigenvalue weighted by Gasteiger charge is 2.14. The van der Waals surface area contributed by atoms with E-state index in [1.54, 1.807) is 36.4 Å². The van der Waals surface area contributed by atoms with Crippen LogP contribution in [-0.4, -0.2) is 9.55 Å². The quantitative estimate of drug-likeness (QED) is 0.467. The van der Waals surface area contributed by atoms with Crippen molar-refractivity contribution in [3.05, 3.63) is 67.2 Å². The Bertz CT molecular complexity index is 894. The summed E-state index contributed by atoms with van der Waals surface area (Å²) in [5.74, 6) is 0. The maximum absolute atomic E-state index is 13.1. The zero-order valence-corrected chi connectivity index (χ0v) is 13.6. The van der Waals surface area contributed by atoms with E-state index in [-0.39, 0.29) is 10.8 Å². The minimum atomic E-state index is -0.677. The number of nitrogens with zero attached hydrogens (tertiary/aromatic N) is 2. The van der Waals surface area contributed by atoms with E-state index in [0.717, 1.165) is 3.57 Å². The van der Waals surface area contributed by atoms with Crippen LogP contribution >= 0.6 is 34.2 Å². The van der Waals surface area contributed by atoms with Crippen molar-refractivity contribution in [1.82, 2.24) is 9.55 Å². The van der Waals surface area contributed by atoms with E-state index in [9.17, 15) is 9.18 Å². The molecule has 106 valence electrons. The molecular weight excluding hydrogens is 406 g/mol. The number of benzene rings is 2. The lowest BCUT2D eigenvalue weighted by Gasteiger charge is -2.12. The van der Waals surface area contributed by atoms with Crippen LogP contribution in [0, 0.1) is 3.57 Å². The topological polar surface area (TPSA) is 34.9 Å². The van der Waals surface area contributed by atoms with E-state index in [1.807, 2.05) is 6.07 Å². The standard InChI is InChI=1S/C15H9ClFIN2O/c16-15-19-12-6-5-10(18)7-11(12)14(21)20(15)13-4-2-1-3-9(13)8-17/h1-7H,8H2. The number of aromatic nitrogens is 2. The van der Waals surface area contributed by atoms with Crippen LogP contribution in [0.1, 0.15) is 5.56 Å². The fourth-order valence-corrected chi connectivity index (χ4v) is 2.93. The van der Waals surface area contributed by atoms with Gasteiger partial charge >= 0.3 is 0 Å². The highest BCUT2D eigenvalue weighted by Crippen LogP contribution is 2.21. The summed E-state index contributed by atoms with van der Waals surface area (Å²) in [4.78, 5) is 16.9. The molecule has 0 N–H and O–H groups in total. The molecule has 0 saturated heterocycles. The van der Waals surface area contributed by atoms with Crippen LogP contribution in [-0.2, 0) is 6.67 Å². The number of hydrogen-bond donors (Lipinski definition) is 0. The molecule has 0 atom stereocenters. The van der Waals surface area contributed by atoms with Crippen LogP contribution in [0.2, 0.25) is 5.28 Å². The molecule has 21 heavy (non-hydrogen) atoms. The van der Waals surface area contributed by atoms with E-state index in [0.29, 0.717) is 22.2 Å². The maximum Gasteiger partial charge on any atom is 0.266 e. The second-order valence-corrected chi connectivity index (χ2v) is 6.03. The van der Waals surface area contributed by atoms with E-state index < -0.39 is 6.67 Å². The number of halogens is 3. The van der Waals surface area contributed by atoms with Crippen LogP contribution in [0.25, 0.3) is 16.6 Å². The zero-order chi connectivity index (χ0) is 15.0. The SMILES string of the molecule is O=c1c2cc(I)ccc2nc(Cl)n1-c1ccccc1CF. The summed E-state index contributed by atoms with van der Waals surface area (Å²) in [5.41, 5.74) is 1.04. The summed E-state index contributed by atoms with van der Waals surface area (Å²) < 4.78 is 15.3. The van der Waals surface area contributed by atoms with Crippen LogP contribution in [0.3, 0.4) is 0 Å². The van der Waals surface area contributed by atoms with Gasteiger partial charge in [0.25, 0.3) is 5.56 Å². The Morgan fingerprint density at radius 2 is 2.00 bits per heavy atom. The second kappa shape index (κ2) is 5.73. The first-order chi connectivity index (χ1) is 10.1. The van der Waals surface area contributed by atoms with Gasteiger partial charge < -0.3 is 0 Å². The van der Waals surface area contributed by atoms with Gasteiger partial charge in [0, 0.05) is 9.13 Å². The summed E-state index contributed by atoms with van der Waals surface area (Å²) in [6, 6.07) is 12.1. The predicted octanol–water partition coefficient (Wildman–Crippen LogP) is 4.11. The first kappa shape index (κ1) is 14.5. The lowest BCUT2D eigenvalue weighted by molar-refractivity contribution is 0.484. The van der Waals surface area contributed by atoms with Crippen molar-refractivity contribution in [2.24, 2.45) is 0 Å². The highest BCUT2D eigenvalue weighted by molar-refractivity contribution is 14.1. The van der Waals surface area contributed by atoms with Crippen molar-refractivity contribution < 1.29 is 4.39 Å². The predicted molar refractivity (Wildman–Crippen MR) is 89.9 cm³/mol. The zero-order valence-electron chi connectivity index (χ0n) is 10.7. The first-order valence-corrected chi connectivity index (χ1v) is 7.59. The molecular formula is C15H9ClFIN2O. The molecule has 0 spiro atoms. The molecule has 3 aromatic rings. The molecule has 0 amide bonds. The van der Waals surface area contributed by atoms with Gasteiger partial charge in [0.15, 0.2) is 0 Å². The lowest BCUT2D eigenvalue weighted by atomic mass is 10.2. The van der Waals surface area contributed by atoms with Gasteiger partial charge in [-0.15, -0.1) is 0 Å². The molecule has 0 unspecified atom stereocenters. The van der Waals surface area contributed by atoms with E-state index in [1.165, 1.54) is 4.57 Å². The Morgan fingerprint density at radius 3 is 2.76 bits per heavy atom. The molecule has 1 heterocycles. The van der Waals surface area contributed by atoms with Crippen LogP contribution in [0.5, 0.6) is 0 Å². The van der Waals surface area contributed by atoms with Gasteiger partial charge in [0.2, 0.25) is 5.28 Å². The fourth-order valence-electron chi connectivity index (χ4n) is 2.18. The van der Waals surface area contributed by atoms with E-state index in [4.69, 9.17) is 11.6 Å². The highest BCUT2D eigenvalue weighted by atomic mass is 127. The molecule has 6 heteroatoms. The summed E-state index contributed by atoms with van der Waals surface area (Å²) in [5, 5.41) is 0.481. The maximum atomic E-state index is 13.1. The number of hydrogen-bond acceptors (Lipinski definition) is 2. The Balaban J connectivity index is 2.40. The Hall–Kier alpha value is -1.47. The minimum absolute atomic E-state index is 0.0228. The smallest absolute Gasteiger partial charge is 0.266 e. The second-order valence-electron chi connectivity index (χ2n) is 4.45. The van der Waals surface area contributed by atoms with Gasteiger partial charge in [0.05, 0.1) is 16.6 Å². The average Bonchev–Trinajstić information content (AvgIpc) is 2.49. The van der Waals surface area contributed by atoms with Gasteiger partial charge in [0.1, 0.15) is 6.67 Å². The van der Waals surface area contributed by atoms with Crippen molar-refractivity contribution in [3.8, 4) is 5.69 Å². The number of rotatable bonds is 2. The molecule has 0 bridgehead atoms. The Labute approximate surface area is 138 Å². The molecule has 0 aliphatic rings. The molecule has 0 radical (unpaired) electrons. The molecule has 3 nitrogen and oxygen atoms in total. The Morgan fingerprint density at radius 1 is 1.24 bits per heavy atom. The van der Waals surface area contributed by atoms with Gasteiger partial charge in [-0.1, -0.05) is 18.2 Å². The Kier molecular flexibility index (Phi) is 3.95. The average molecular weight is 415 g/mol. The number of alkyl halides is 1. The molecule has 1 aromatic heterocycles. The summed E-state index contributed by atoms with van der Waals surface area (Å²) >= 11 is 8.26. The molecule has 2 aromatic carbocycles. The van der Waals surface area contributed by atoms with Crippen molar-refractivity contribution in [2.45, 2.75) is 6.67 Å². The number of para-hydroxylation sites is 1. The molecule has 0 fully saturated rings. The van der Waals surface area contributed by atoms with Crippen LogP contribution < -0.4 is 5.56 Å². The first-order valence-electron chi connectivity index (χ1n) is 6.14. The molecule has 0 aliphatic heterocycles. The fraction of sp³-hybridized carbons (Fsp3) is 0.0667. The van der Waals surface area contributed by atoms with Crippen molar-refractivity contribution in [3.63, 3.8) is 0 Å². The van der Waals surface area contributed by atoms with E-state index in [2.05, 4.69) is 27.6 Å². The minimum Gasteiger partial charge on any atom is -0.268 e. The third kappa shape index (κ3) is 2.55. The van der Waals surface area contributed by atoms with Crippen LogP contribution in [0.4, 0.5) is 4.39 Å². The van der Waals surface area contributed by atoms with Gasteiger partial charge in [-0.2, -0.15) is 0 Å². The summed E-state index contributed by atoms with van der Waals surface area (Å²) in [6.07, 6.45) is 0. The number of fused-ring (bicyclic) bond motifs is 1. The van der Waals surface area contributed by atoms with Gasteiger partial charge in [-0.25, -0.2) is 9.37 Å². The van der Waals surface area contributed by atoms with Gasteiger partial charge in [-0.05, 0) is 58.5 Å². The molecule has 0 saturated carbocycles. The largest absolute Gasteiger partial charge is 0.268 e. The van der Waals surface area contributed by atoms with Crippen molar-refractivity contribution in [1.29, 1.82) is 0 Å². The normalized spacial score (nSPS) is 11.0. The van der Waals surface area contributed by atoms with Gasteiger partial charge in [-0.3, -0.25) is 9.36 Å². The summed E-state index contributed by atoms with van der Waals surface area (Å²) in [7, 11) is 0. The van der Waals surface area contributed by atoms with Crippen molar-refractivity contribution >= 4 is 45.1 Å². The summed E-state index contributed by atoms with van der Waals surface area (Å²) in [6.45, 7) is -0.677. The van der Waals surface area contributed by atoms with Crippen molar-refractivity contribution in [2.75, 3.05) is 0 Å². The molecule has 3 rings (SSSR count). The lowest BCUT2D eigenvalue weighted by Crippen LogP contribution is -2.21. The van der Waals surface area contributed by atoms with E-state index >= 15 is 0 Å².